The predicted octanol–water partition coefficient (Wildman–Crippen LogP) is 0.500. The van der Waals surface area contributed by atoms with Crippen molar-refractivity contribution in [3.05, 3.63) is 0 Å². The van der Waals surface area contributed by atoms with Gasteiger partial charge >= 0.3 is 11.9 Å². The molecule has 0 rings (SSSR count). The van der Waals surface area contributed by atoms with Gasteiger partial charge < -0.3 is 14.6 Å². The van der Waals surface area contributed by atoms with Gasteiger partial charge in [0.1, 0.15) is 6.10 Å². The Hall–Kier alpha value is -1.10. The molecule has 0 spiro atoms. The first-order valence-electron chi connectivity index (χ1n) is 4.32. The zero-order valence-corrected chi connectivity index (χ0v) is 9.07. The van der Waals surface area contributed by atoms with Crippen LogP contribution in [0.2, 0.25) is 0 Å². The Morgan fingerprint density at radius 3 is 1.86 bits per heavy atom. The van der Waals surface area contributed by atoms with E-state index in [2.05, 4.69) is 9.47 Å². The number of esters is 2. The van der Waals surface area contributed by atoms with E-state index in [0.717, 1.165) is 6.42 Å². The molecule has 0 aliphatic heterocycles. The molecule has 0 aliphatic rings. The SMILES string of the molecule is CCCC(=O)OC.COC(=O)C(C)O. The molecule has 1 atom stereocenters. The molecule has 1 unspecified atom stereocenters. The van der Waals surface area contributed by atoms with Crippen molar-refractivity contribution in [1.29, 1.82) is 0 Å². The Kier molecular flexibility index (Phi) is 11.0. The Labute approximate surface area is 84.0 Å². The minimum Gasteiger partial charge on any atom is -0.469 e. The first kappa shape index (κ1) is 15.4. The molecule has 0 saturated heterocycles. The zero-order valence-electron chi connectivity index (χ0n) is 9.07. The average molecular weight is 206 g/mol. The summed E-state index contributed by atoms with van der Waals surface area (Å²) in [5.41, 5.74) is 0. The van der Waals surface area contributed by atoms with E-state index >= 15 is 0 Å². The van der Waals surface area contributed by atoms with Crippen molar-refractivity contribution < 1.29 is 24.2 Å². The first-order chi connectivity index (χ1) is 6.49. The number of hydrogen-bond acceptors (Lipinski definition) is 5. The van der Waals surface area contributed by atoms with Crippen LogP contribution < -0.4 is 0 Å². The molecular formula is C9H18O5. The largest absolute Gasteiger partial charge is 0.469 e. The quantitative estimate of drug-likeness (QED) is 0.681. The number of hydrogen-bond donors (Lipinski definition) is 1. The summed E-state index contributed by atoms with van der Waals surface area (Å²) >= 11 is 0. The van der Waals surface area contributed by atoms with Gasteiger partial charge in [-0.15, -0.1) is 0 Å². The van der Waals surface area contributed by atoms with E-state index < -0.39 is 12.1 Å². The minimum absolute atomic E-state index is 0.123. The molecule has 0 amide bonds. The lowest BCUT2D eigenvalue weighted by Gasteiger charge is -1.97. The molecule has 5 nitrogen and oxygen atoms in total. The highest BCUT2D eigenvalue weighted by atomic mass is 16.5. The highest BCUT2D eigenvalue weighted by molar-refractivity contribution is 5.73. The number of rotatable bonds is 3. The maximum absolute atomic E-state index is 10.2. The third-order valence-corrected chi connectivity index (χ3v) is 1.22. The van der Waals surface area contributed by atoms with Crippen LogP contribution >= 0.6 is 0 Å². The maximum Gasteiger partial charge on any atom is 0.334 e. The fourth-order valence-electron chi connectivity index (χ4n) is 0.477. The van der Waals surface area contributed by atoms with Crippen molar-refractivity contribution in [2.24, 2.45) is 0 Å². The second-order valence-corrected chi connectivity index (χ2v) is 2.53. The zero-order chi connectivity index (χ0) is 11.6. The van der Waals surface area contributed by atoms with Crippen LogP contribution in [0.4, 0.5) is 0 Å². The Balaban J connectivity index is 0. The van der Waals surface area contributed by atoms with Gasteiger partial charge in [0.25, 0.3) is 0 Å². The smallest absolute Gasteiger partial charge is 0.334 e. The van der Waals surface area contributed by atoms with Crippen LogP contribution in [0.1, 0.15) is 26.7 Å². The van der Waals surface area contributed by atoms with Crippen LogP contribution in [0.25, 0.3) is 0 Å². The van der Waals surface area contributed by atoms with Gasteiger partial charge in [0.2, 0.25) is 0 Å². The van der Waals surface area contributed by atoms with Gasteiger partial charge in [0.05, 0.1) is 14.2 Å². The van der Waals surface area contributed by atoms with Gasteiger partial charge in [-0.05, 0) is 13.3 Å². The van der Waals surface area contributed by atoms with Gasteiger partial charge in [-0.2, -0.15) is 0 Å². The Morgan fingerprint density at radius 1 is 1.29 bits per heavy atom. The summed E-state index contributed by atoms with van der Waals surface area (Å²) in [5, 5.41) is 8.35. The third-order valence-electron chi connectivity index (χ3n) is 1.22. The molecule has 0 aliphatic carbocycles. The molecule has 0 aromatic carbocycles. The van der Waals surface area contributed by atoms with Crippen molar-refractivity contribution in [3.63, 3.8) is 0 Å². The normalized spacial score (nSPS) is 10.6. The monoisotopic (exact) mass is 206 g/mol. The van der Waals surface area contributed by atoms with Crippen molar-refractivity contribution in [2.75, 3.05) is 14.2 Å². The summed E-state index contributed by atoms with van der Waals surface area (Å²) < 4.78 is 8.47. The predicted molar refractivity (Wildman–Crippen MR) is 50.6 cm³/mol. The number of aliphatic hydroxyl groups is 1. The molecule has 0 bridgehead atoms. The number of carbonyl (C=O) groups excluding carboxylic acids is 2. The van der Waals surface area contributed by atoms with Gasteiger partial charge in [-0.1, -0.05) is 6.92 Å². The van der Waals surface area contributed by atoms with Crippen molar-refractivity contribution in [1.82, 2.24) is 0 Å². The molecule has 0 fully saturated rings. The summed E-state index contributed by atoms with van der Waals surface area (Å²) in [4.78, 5) is 20.2. The highest BCUT2D eigenvalue weighted by Gasteiger charge is 2.05. The molecule has 0 heterocycles. The van der Waals surface area contributed by atoms with E-state index in [4.69, 9.17) is 5.11 Å². The van der Waals surface area contributed by atoms with Crippen LogP contribution in [0.3, 0.4) is 0 Å². The highest BCUT2D eigenvalue weighted by Crippen LogP contribution is 1.86. The topological polar surface area (TPSA) is 72.8 Å². The maximum atomic E-state index is 10.2. The second kappa shape index (κ2) is 9.98. The number of carbonyl (C=O) groups is 2. The number of methoxy groups -OCH3 is 2. The molecule has 0 aromatic rings. The van der Waals surface area contributed by atoms with Crippen LogP contribution in [-0.2, 0) is 19.1 Å². The standard InChI is InChI=1S/C5H10O2.C4H8O3/c1-3-4-5(6)7-2;1-3(5)4(6)7-2/h3-4H2,1-2H3;3,5H,1-2H3. The van der Waals surface area contributed by atoms with Crippen LogP contribution in [0, 0.1) is 0 Å². The van der Waals surface area contributed by atoms with Crippen molar-refractivity contribution in [2.45, 2.75) is 32.8 Å². The van der Waals surface area contributed by atoms with Crippen molar-refractivity contribution in [3.8, 4) is 0 Å². The molecule has 0 saturated carbocycles. The van der Waals surface area contributed by atoms with E-state index in [-0.39, 0.29) is 5.97 Å². The lowest BCUT2D eigenvalue weighted by Crippen LogP contribution is -2.16. The number of ether oxygens (including phenoxy) is 2. The summed E-state index contributed by atoms with van der Waals surface area (Å²) in [6.45, 7) is 3.29. The lowest BCUT2D eigenvalue weighted by molar-refractivity contribution is -0.149. The second-order valence-electron chi connectivity index (χ2n) is 2.53. The van der Waals surface area contributed by atoms with Crippen LogP contribution in [0.5, 0.6) is 0 Å². The van der Waals surface area contributed by atoms with E-state index in [0.29, 0.717) is 6.42 Å². The van der Waals surface area contributed by atoms with Gasteiger partial charge in [-0.25, -0.2) is 4.79 Å². The molecule has 0 radical (unpaired) electrons. The molecule has 5 heteroatoms. The van der Waals surface area contributed by atoms with Gasteiger partial charge in [0, 0.05) is 6.42 Å². The summed E-state index contributed by atoms with van der Waals surface area (Å²) in [5.74, 6) is -0.720. The summed E-state index contributed by atoms with van der Waals surface area (Å²) in [6.07, 6.45) is 0.411. The average Bonchev–Trinajstić information content (AvgIpc) is 2.17. The molecule has 84 valence electrons. The molecule has 0 aromatic heterocycles. The summed E-state index contributed by atoms with van der Waals surface area (Å²) in [6, 6.07) is 0. The fraction of sp³-hybridized carbons (Fsp3) is 0.778. The summed E-state index contributed by atoms with van der Waals surface area (Å²) in [7, 11) is 2.63. The molecule has 14 heavy (non-hydrogen) atoms. The van der Waals surface area contributed by atoms with Crippen molar-refractivity contribution >= 4 is 11.9 Å². The molecule has 1 N–H and O–H groups in total. The van der Waals surface area contributed by atoms with Crippen LogP contribution in [0.15, 0.2) is 0 Å². The van der Waals surface area contributed by atoms with E-state index in [9.17, 15) is 9.59 Å². The minimum atomic E-state index is -0.995. The van der Waals surface area contributed by atoms with E-state index in [1.165, 1.54) is 21.1 Å². The number of aliphatic hydroxyl groups excluding tert-OH is 1. The fourth-order valence-corrected chi connectivity index (χ4v) is 0.477. The van der Waals surface area contributed by atoms with E-state index in [1.54, 1.807) is 0 Å². The first-order valence-corrected chi connectivity index (χ1v) is 4.32. The Bertz CT molecular complexity index is 165. The van der Waals surface area contributed by atoms with Gasteiger partial charge in [-0.3, -0.25) is 4.79 Å². The third kappa shape index (κ3) is 10.9. The van der Waals surface area contributed by atoms with E-state index in [1.807, 2.05) is 6.92 Å². The Morgan fingerprint density at radius 2 is 1.79 bits per heavy atom. The van der Waals surface area contributed by atoms with Crippen LogP contribution in [-0.4, -0.2) is 37.4 Å². The lowest BCUT2D eigenvalue weighted by atomic mass is 10.3. The molecular weight excluding hydrogens is 188 g/mol. The van der Waals surface area contributed by atoms with Gasteiger partial charge in [0.15, 0.2) is 0 Å².